The van der Waals surface area contributed by atoms with Crippen LogP contribution in [0.15, 0.2) is 5.38 Å². The van der Waals surface area contributed by atoms with Crippen LogP contribution in [-0.2, 0) is 11.3 Å². The first-order valence-corrected chi connectivity index (χ1v) is 5.96. The fourth-order valence-corrected chi connectivity index (χ4v) is 1.90. The van der Waals surface area contributed by atoms with E-state index in [0.29, 0.717) is 18.3 Å². The van der Waals surface area contributed by atoms with Gasteiger partial charge in [0.05, 0.1) is 6.54 Å². The zero-order valence-electron chi connectivity index (χ0n) is 7.34. The Bertz CT molecular complexity index is 287. The molecular weight excluding hydrogens is 252 g/mol. The number of hydrogen-bond donors (Lipinski definition) is 1. The normalized spacial score (nSPS) is 10.0. The lowest BCUT2D eigenvalue weighted by Gasteiger charge is -1.99. The van der Waals surface area contributed by atoms with Crippen molar-refractivity contribution in [2.45, 2.75) is 19.9 Å². The van der Waals surface area contributed by atoms with Gasteiger partial charge in [0.25, 0.3) is 0 Å². The first-order valence-electron chi connectivity index (χ1n) is 3.96. The minimum atomic E-state index is 0.0599. The molecule has 1 heterocycles. The summed E-state index contributed by atoms with van der Waals surface area (Å²) >= 11 is 4.78. The molecule has 0 atom stereocenters. The Morgan fingerprint density at radius 2 is 2.54 bits per heavy atom. The Morgan fingerprint density at radius 3 is 3.08 bits per heavy atom. The minimum absolute atomic E-state index is 0.0599. The summed E-state index contributed by atoms with van der Waals surface area (Å²) in [6.45, 7) is 2.49. The van der Waals surface area contributed by atoms with Gasteiger partial charge in [0.2, 0.25) is 5.91 Å². The molecule has 13 heavy (non-hydrogen) atoms. The molecule has 0 aliphatic rings. The summed E-state index contributed by atoms with van der Waals surface area (Å²) in [6.07, 6.45) is 0.518. The summed E-state index contributed by atoms with van der Waals surface area (Å²) in [6, 6.07) is 0. The van der Waals surface area contributed by atoms with Crippen LogP contribution in [0.3, 0.4) is 0 Å². The van der Waals surface area contributed by atoms with Gasteiger partial charge in [-0.25, -0.2) is 4.98 Å². The van der Waals surface area contributed by atoms with Crippen LogP contribution in [0.25, 0.3) is 0 Å². The second kappa shape index (κ2) is 5.34. The molecule has 5 heteroatoms. The molecule has 0 spiro atoms. The molecule has 1 amide bonds. The Morgan fingerprint density at radius 1 is 1.77 bits per heavy atom. The molecule has 1 aromatic rings. The maximum absolute atomic E-state index is 11.1. The Kier molecular flexibility index (Phi) is 4.38. The smallest absolute Gasteiger partial charge is 0.221 e. The Balaban J connectivity index is 2.30. The molecule has 0 radical (unpaired) electrons. The highest BCUT2D eigenvalue weighted by Gasteiger charge is 2.01. The molecule has 0 saturated carbocycles. The molecule has 0 aliphatic heterocycles. The number of nitrogens with one attached hydrogen (secondary N) is 1. The summed E-state index contributed by atoms with van der Waals surface area (Å²) in [5.41, 5.74) is 1.01. The lowest BCUT2D eigenvalue weighted by Crippen LogP contribution is -2.22. The van der Waals surface area contributed by atoms with E-state index in [4.69, 9.17) is 0 Å². The van der Waals surface area contributed by atoms with Crippen LogP contribution < -0.4 is 5.32 Å². The average Bonchev–Trinajstić information content (AvgIpc) is 2.49. The zero-order chi connectivity index (χ0) is 9.68. The highest BCUT2D eigenvalue weighted by Crippen LogP contribution is 2.07. The van der Waals surface area contributed by atoms with Crippen LogP contribution in [0.5, 0.6) is 0 Å². The second-order valence-electron chi connectivity index (χ2n) is 2.60. The molecule has 72 valence electrons. The van der Waals surface area contributed by atoms with Gasteiger partial charge in [-0.1, -0.05) is 15.9 Å². The molecule has 0 aromatic carbocycles. The van der Waals surface area contributed by atoms with Crippen molar-refractivity contribution >= 4 is 33.2 Å². The highest BCUT2D eigenvalue weighted by atomic mass is 79.9. The molecule has 1 aromatic heterocycles. The van der Waals surface area contributed by atoms with E-state index < -0.39 is 0 Å². The molecule has 1 N–H and O–H groups in total. The molecular formula is C8H11BrN2OS. The fourth-order valence-electron chi connectivity index (χ4n) is 0.832. The number of aryl methyl sites for hydroxylation is 1. The summed E-state index contributed by atoms with van der Waals surface area (Å²) in [5.74, 6) is 0.0599. The number of carbonyl (C=O) groups excluding carboxylic acids is 1. The zero-order valence-corrected chi connectivity index (χ0v) is 9.74. The van der Waals surface area contributed by atoms with Crippen molar-refractivity contribution < 1.29 is 4.79 Å². The third-order valence-electron chi connectivity index (χ3n) is 1.42. The Labute approximate surface area is 89.7 Å². The first-order chi connectivity index (χ1) is 6.22. The van der Waals surface area contributed by atoms with Gasteiger partial charge in [0.1, 0.15) is 5.01 Å². The van der Waals surface area contributed by atoms with E-state index in [1.165, 1.54) is 0 Å². The van der Waals surface area contributed by atoms with Gasteiger partial charge in [0, 0.05) is 22.8 Å². The van der Waals surface area contributed by atoms with Crippen LogP contribution in [0.1, 0.15) is 17.1 Å². The van der Waals surface area contributed by atoms with Crippen molar-refractivity contribution in [3.63, 3.8) is 0 Å². The molecule has 0 unspecified atom stereocenters. The van der Waals surface area contributed by atoms with Gasteiger partial charge in [0.15, 0.2) is 0 Å². The van der Waals surface area contributed by atoms with E-state index in [0.717, 1.165) is 10.7 Å². The first kappa shape index (κ1) is 10.7. The van der Waals surface area contributed by atoms with E-state index in [1.807, 2.05) is 12.3 Å². The van der Waals surface area contributed by atoms with Crippen molar-refractivity contribution in [2.75, 3.05) is 5.33 Å². The number of carbonyl (C=O) groups is 1. The summed E-state index contributed by atoms with van der Waals surface area (Å²) < 4.78 is 0. The predicted molar refractivity (Wildman–Crippen MR) is 57.1 cm³/mol. The van der Waals surface area contributed by atoms with Crippen molar-refractivity contribution in [3.8, 4) is 0 Å². The number of hydrogen-bond acceptors (Lipinski definition) is 3. The molecule has 0 fully saturated rings. The summed E-state index contributed by atoms with van der Waals surface area (Å²) in [5, 5.41) is 6.43. The number of rotatable bonds is 4. The van der Waals surface area contributed by atoms with E-state index in [1.54, 1.807) is 11.3 Å². The Hall–Kier alpha value is -0.420. The SMILES string of the molecule is Cc1csc(CNC(=O)CCBr)n1. The van der Waals surface area contributed by atoms with Crippen molar-refractivity contribution in [3.05, 3.63) is 16.1 Å². The third kappa shape index (κ3) is 3.87. The monoisotopic (exact) mass is 262 g/mol. The summed E-state index contributed by atoms with van der Waals surface area (Å²) in [7, 11) is 0. The van der Waals surface area contributed by atoms with Gasteiger partial charge < -0.3 is 5.32 Å². The third-order valence-corrected chi connectivity index (χ3v) is 2.79. The lowest BCUT2D eigenvalue weighted by atomic mass is 10.4. The van der Waals surface area contributed by atoms with Crippen molar-refractivity contribution in [2.24, 2.45) is 0 Å². The number of aromatic nitrogens is 1. The predicted octanol–water partition coefficient (Wildman–Crippen LogP) is 1.85. The van der Waals surface area contributed by atoms with E-state index in [9.17, 15) is 4.79 Å². The van der Waals surface area contributed by atoms with E-state index in [2.05, 4.69) is 26.2 Å². The van der Waals surface area contributed by atoms with Crippen LogP contribution in [0, 0.1) is 6.92 Å². The maximum atomic E-state index is 11.1. The van der Waals surface area contributed by atoms with Crippen molar-refractivity contribution in [1.82, 2.24) is 10.3 Å². The van der Waals surface area contributed by atoms with E-state index >= 15 is 0 Å². The second-order valence-corrected chi connectivity index (χ2v) is 4.33. The molecule has 0 bridgehead atoms. The van der Waals surface area contributed by atoms with Gasteiger partial charge >= 0.3 is 0 Å². The topological polar surface area (TPSA) is 42.0 Å². The van der Waals surface area contributed by atoms with Gasteiger partial charge in [-0.2, -0.15) is 0 Å². The van der Waals surface area contributed by atoms with Gasteiger partial charge in [-0.15, -0.1) is 11.3 Å². The van der Waals surface area contributed by atoms with Crippen LogP contribution >= 0.6 is 27.3 Å². The van der Waals surface area contributed by atoms with Crippen LogP contribution in [0.4, 0.5) is 0 Å². The number of halogens is 1. The average molecular weight is 263 g/mol. The van der Waals surface area contributed by atoms with Gasteiger partial charge in [-0.05, 0) is 6.92 Å². The number of amides is 1. The van der Waals surface area contributed by atoms with E-state index in [-0.39, 0.29) is 5.91 Å². The molecule has 1 rings (SSSR count). The fraction of sp³-hybridized carbons (Fsp3) is 0.500. The van der Waals surface area contributed by atoms with Crippen LogP contribution in [0.2, 0.25) is 0 Å². The highest BCUT2D eigenvalue weighted by molar-refractivity contribution is 9.09. The number of thiazole rings is 1. The molecule has 0 saturated heterocycles. The lowest BCUT2D eigenvalue weighted by molar-refractivity contribution is -0.120. The van der Waals surface area contributed by atoms with Crippen molar-refractivity contribution in [1.29, 1.82) is 0 Å². The maximum Gasteiger partial charge on any atom is 0.221 e. The van der Waals surface area contributed by atoms with Gasteiger partial charge in [-0.3, -0.25) is 4.79 Å². The van der Waals surface area contributed by atoms with Crippen LogP contribution in [-0.4, -0.2) is 16.2 Å². The minimum Gasteiger partial charge on any atom is -0.350 e. The summed E-state index contributed by atoms with van der Waals surface area (Å²) in [4.78, 5) is 15.3. The quantitative estimate of drug-likeness (QED) is 0.842. The molecule has 3 nitrogen and oxygen atoms in total. The molecule has 0 aliphatic carbocycles. The largest absolute Gasteiger partial charge is 0.350 e. The standard InChI is InChI=1S/C8H11BrN2OS/c1-6-5-13-8(11-6)4-10-7(12)2-3-9/h5H,2-4H2,1H3,(H,10,12). The number of nitrogens with zero attached hydrogens (tertiary/aromatic N) is 1. The number of alkyl halides is 1.